The number of amides is 2. The van der Waals surface area contributed by atoms with Crippen LogP contribution >= 0.6 is 0 Å². The molecule has 2 amide bonds. The third-order valence-corrected chi connectivity index (χ3v) is 6.06. The van der Waals surface area contributed by atoms with Gasteiger partial charge >= 0.3 is 0 Å². The second-order valence-electron chi connectivity index (χ2n) is 7.41. The van der Waals surface area contributed by atoms with Gasteiger partial charge in [-0.2, -0.15) is 0 Å². The molecule has 4 rings (SSSR count). The van der Waals surface area contributed by atoms with E-state index >= 15 is 0 Å². The standard InChI is InChI=1S/C19H25N3O3/c1-25-15-7-5-13(6-8-15)21-10-14(11-21)22-9-12-3-2-4-16(18(20)23)17(12)19(22)24/h2-4,13-15H,5-11H2,1H3,(H2,20,23)/t13-,15-. The minimum Gasteiger partial charge on any atom is -0.381 e. The zero-order valence-corrected chi connectivity index (χ0v) is 14.6. The van der Waals surface area contributed by atoms with Crippen LogP contribution < -0.4 is 5.73 Å². The summed E-state index contributed by atoms with van der Waals surface area (Å²) in [5, 5.41) is 0. The lowest BCUT2D eigenvalue weighted by Gasteiger charge is -2.49. The van der Waals surface area contributed by atoms with Crippen LogP contribution in [0.3, 0.4) is 0 Å². The maximum absolute atomic E-state index is 12.8. The average molecular weight is 343 g/mol. The van der Waals surface area contributed by atoms with E-state index in [9.17, 15) is 9.59 Å². The van der Waals surface area contributed by atoms with Gasteiger partial charge in [0.15, 0.2) is 0 Å². The van der Waals surface area contributed by atoms with Crippen molar-refractivity contribution in [3.05, 3.63) is 34.9 Å². The monoisotopic (exact) mass is 343 g/mol. The molecule has 2 fully saturated rings. The molecule has 6 heteroatoms. The Labute approximate surface area is 147 Å². The van der Waals surface area contributed by atoms with Crippen LogP contribution in [-0.4, -0.2) is 60.0 Å². The Hall–Kier alpha value is -1.92. The number of hydrogen-bond donors (Lipinski definition) is 1. The Bertz CT molecular complexity index is 691. The molecule has 2 heterocycles. The van der Waals surface area contributed by atoms with Gasteiger partial charge in [-0.15, -0.1) is 0 Å². The molecule has 2 N–H and O–H groups in total. The van der Waals surface area contributed by atoms with E-state index in [0.717, 1.165) is 31.5 Å². The van der Waals surface area contributed by atoms with Crippen molar-refractivity contribution in [2.45, 2.75) is 50.4 Å². The summed E-state index contributed by atoms with van der Waals surface area (Å²) in [7, 11) is 1.79. The normalized spacial score (nSPS) is 27.2. The van der Waals surface area contributed by atoms with Gasteiger partial charge in [0.1, 0.15) is 0 Å². The largest absolute Gasteiger partial charge is 0.381 e. The second-order valence-corrected chi connectivity index (χ2v) is 7.41. The molecule has 0 atom stereocenters. The smallest absolute Gasteiger partial charge is 0.255 e. The Morgan fingerprint density at radius 2 is 1.88 bits per heavy atom. The van der Waals surface area contributed by atoms with Crippen LogP contribution in [0.25, 0.3) is 0 Å². The molecule has 0 spiro atoms. The molecule has 2 aliphatic heterocycles. The van der Waals surface area contributed by atoms with E-state index < -0.39 is 5.91 Å². The van der Waals surface area contributed by atoms with Crippen molar-refractivity contribution in [1.82, 2.24) is 9.80 Å². The van der Waals surface area contributed by atoms with Crippen LogP contribution in [0.5, 0.6) is 0 Å². The fourth-order valence-electron chi connectivity index (χ4n) is 4.51. The number of hydrogen-bond acceptors (Lipinski definition) is 4. The van der Waals surface area contributed by atoms with Crippen LogP contribution in [0.1, 0.15) is 52.0 Å². The van der Waals surface area contributed by atoms with E-state index in [-0.39, 0.29) is 11.9 Å². The van der Waals surface area contributed by atoms with Crippen molar-refractivity contribution in [2.24, 2.45) is 5.73 Å². The van der Waals surface area contributed by atoms with Gasteiger partial charge in [-0.3, -0.25) is 14.5 Å². The van der Waals surface area contributed by atoms with Crippen molar-refractivity contribution in [3.63, 3.8) is 0 Å². The van der Waals surface area contributed by atoms with Gasteiger partial charge in [-0.25, -0.2) is 0 Å². The lowest BCUT2D eigenvalue weighted by molar-refractivity contribution is -0.0200. The maximum Gasteiger partial charge on any atom is 0.255 e. The quantitative estimate of drug-likeness (QED) is 0.896. The van der Waals surface area contributed by atoms with E-state index in [0.29, 0.717) is 29.8 Å². The fraction of sp³-hybridized carbons (Fsp3) is 0.579. The minimum absolute atomic E-state index is 0.0443. The van der Waals surface area contributed by atoms with Gasteiger partial charge in [0, 0.05) is 32.8 Å². The number of primary amides is 1. The minimum atomic E-state index is -0.530. The molecule has 1 aromatic carbocycles. The molecule has 3 aliphatic rings. The van der Waals surface area contributed by atoms with Gasteiger partial charge in [0.25, 0.3) is 5.91 Å². The number of rotatable bonds is 4. The lowest BCUT2D eigenvalue weighted by Crippen LogP contribution is -2.62. The Kier molecular flexibility index (Phi) is 4.25. The Morgan fingerprint density at radius 1 is 1.16 bits per heavy atom. The average Bonchev–Trinajstić information content (AvgIpc) is 2.91. The zero-order chi connectivity index (χ0) is 17.6. The third kappa shape index (κ3) is 2.83. The summed E-state index contributed by atoms with van der Waals surface area (Å²) in [5.41, 5.74) is 7.20. The van der Waals surface area contributed by atoms with Crippen molar-refractivity contribution < 1.29 is 14.3 Å². The highest BCUT2D eigenvalue weighted by molar-refractivity contribution is 6.09. The highest BCUT2D eigenvalue weighted by atomic mass is 16.5. The highest BCUT2D eigenvalue weighted by Gasteiger charge is 2.42. The van der Waals surface area contributed by atoms with Crippen LogP contribution in [0.15, 0.2) is 18.2 Å². The number of likely N-dealkylation sites (tertiary alicyclic amines) is 1. The topological polar surface area (TPSA) is 75.9 Å². The van der Waals surface area contributed by atoms with Gasteiger partial charge in [-0.1, -0.05) is 12.1 Å². The molecular formula is C19H25N3O3. The van der Waals surface area contributed by atoms with E-state index in [2.05, 4.69) is 4.90 Å². The molecule has 1 aliphatic carbocycles. The molecule has 1 saturated heterocycles. The predicted octanol–water partition coefficient (Wildman–Crippen LogP) is 1.38. The van der Waals surface area contributed by atoms with E-state index in [1.165, 1.54) is 12.8 Å². The molecule has 6 nitrogen and oxygen atoms in total. The number of nitrogens with two attached hydrogens (primary N) is 1. The number of fused-ring (bicyclic) bond motifs is 1. The van der Waals surface area contributed by atoms with Crippen molar-refractivity contribution in [2.75, 3.05) is 20.2 Å². The number of ether oxygens (including phenoxy) is 1. The Balaban J connectivity index is 1.39. The predicted molar refractivity (Wildman–Crippen MR) is 93.2 cm³/mol. The first-order chi connectivity index (χ1) is 12.1. The SMILES string of the molecule is CO[C@H]1CC[C@H](N2CC(N3Cc4cccc(C(N)=O)c4C3=O)C2)CC1. The van der Waals surface area contributed by atoms with Crippen LogP contribution in [0.2, 0.25) is 0 Å². The summed E-state index contributed by atoms with van der Waals surface area (Å²) in [6, 6.07) is 6.22. The van der Waals surface area contributed by atoms with Crippen molar-refractivity contribution in [3.8, 4) is 0 Å². The van der Waals surface area contributed by atoms with Crippen molar-refractivity contribution >= 4 is 11.8 Å². The molecule has 0 radical (unpaired) electrons. The van der Waals surface area contributed by atoms with Gasteiger partial charge in [0.05, 0.1) is 23.3 Å². The van der Waals surface area contributed by atoms with Gasteiger partial charge < -0.3 is 15.4 Å². The summed E-state index contributed by atoms with van der Waals surface area (Å²) >= 11 is 0. The first kappa shape index (κ1) is 16.5. The maximum atomic E-state index is 12.8. The van der Waals surface area contributed by atoms with Crippen LogP contribution in [0, 0.1) is 0 Å². The first-order valence-corrected chi connectivity index (χ1v) is 9.08. The molecule has 1 aromatic rings. The molecule has 25 heavy (non-hydrogen) atoms. The molecule has 134 valence electrons. The van der Waals surface area contributed by atoms with Crippen molar-refractivity contribution in [1.29, 1.82) is 0 Å². The Morgan fingerprint density at radius 3 is 2.52 bits per heavy atom. The van der Waals surface area contributed by atoms with Crippen LogP contribution in [-0.2, 0) is 11.3 Å². The first-order valence-electron chi connectivity index (χ1n) is 9.08. The highest BCUT2D eigenvalue weighted by Crippen LogP contribution is 2.33. The fourth-order valence-corrected chi connectivity index (χ4v) is 4.51. The van der Waals surface area contributed by atoms with E-state index in [4.69, 9.17) is 10.5 Å². The molecule has 0 bridgehead atoms. The summed E-state index contributed by atoms with van der Waals surface area (Å²) < 4.78 is 5.44. The molecule has 0 unspecified atom stereocenters. The second kappa shape index (κ2) is 6.42. The van der Waals surface area contributed by atoms with E-state index in [1.807, 2.05) is 11.0 Å². The van der Waals surface area contributed by atoms with Gasteiger partial charge in [0.2, 0.25) is 5.91 Å². The summed E-state index contributed by atoms with van der Waals surface area (Å²) in [6.45, 7) is 2.44. The summed E-state index contributed by atoms with van der Waals surface area (Å²) in [6.07, 6.45) is 5.00. The molecule has 1 saturated carbocycles. The summed E-state index contributed by atoms with van der Waals surface area (Å²) in [5.74, 6) is -0.575. The number of carbonyl (C=O) groups is 2. The number of benzene rings is 1. The third-order valence-electron chi connectivity index (χ3n) is 6.06. The molecule has 0 aromatic heterocycles. The lowest BCUT2D eigenvalue weighted by atomic mass is 9.89. The summed E-state index contributed by atoms with van der Waals surface area (Å²) in [4.78, 5) is 28.8. The number of nitrogens with zero attached hydrogens (tertiary/aromatic N) is 2. The van der Waals surface area contributed by atoms with Crippen LogP contribution in [0.4, 0.5) is 0 Å². The number of carbonyl (C=O) groups excluding carboxylic acids is 2. The van der Waals surface area contributed by atoms with Gasteiger partial charge in [-0.05, 0) is 37.3 Å². The van der Waals surface area contributed by atoms with E-state index in [1.54, 1.807) is 19.2 Å². The molecular weight excluding hydrogens is 318 g/mol. The number of methoxy groups -OCH3 is 1. The zero-order valence-electron chi connectivity index (χ0n) is 14.6.